The molecular weight excluding hydrogens is 252 g/mol. The highest BCUT2D eigenvalue weighted by atomic mass is 16.1. The molecule has 1 heterocycles. The number of nitrogen functional groups attached to an aromatic ring is 1. The monoisotopic (exact) mass is 272 g/mol. The second-order valence-electron chi connectivity index (χ2n) is 5.04. The van der Waals surface area contributed by atoms with Crippen LogP contribution in [0.3, 0.4) is 0 Å². The van der Waals surface area contributed by atoms with Gasteiger partial charge in [-0.15, -0.1) is 0 Å². The lowest BCUT2D eigenvalue weighted by Crippen LogP contribution is -2.17. The van der Waals surface area contributed by atoms with E-state index in [1.54, 1.807) is 16.9 Å². The molecule has 0 bridgehead atoms. The first-order chi connectivity index (χ1) is 9.56. The van der Waals surface area contributed by atoms with Crippen LogP contribution in [0.4, 0.5) is 11.5 Å². The first-order valence-electron chi connectivity index (χ1n) is 6.74. The van der Waals surface area contributed by atoms with Crippen molar-refractivity contribution in [1.29, 1.82) is 0 Å². The Labute approximate surface area is 118 Å². The number of nitrogens with zero attached hydrogens (tertiary/aromatic N) is 2. The predicted octanol–water partition coefficient (Wildman–Crippen LogP) is 2.62. The molecule has 0 saturated heterocycles. The molecule has 2 aromatic rings. The fourth-order valence-corrected chi connectivity index (χ4v) is 1.97. The molecule has 0 atom stereocenters. The first-order valence-corrected chi connectivity index (χ1v) is 6.74. The maximum atomic E-state index is 11.9. The molecule has 5 heteroatoms. The molecule has 5 nitrogen and oxygen atoms in total. The quantitative estimate of drug-likeness (QED) is 0.822. The molecule has 0 unspecified atom stereocenters. The van der Waals surface area contributed by atoms with Gasteiger partial charge in [-0.25, -0.2) is 4.68 Å². The van der Waals surface area contributed by atoms with Crippen LogP contribution in [0.1, 0.15) is 31.9 Å². The third-order valence-corrected chi connectivity index (χ3v) is 3.05. The Hall–Kier alpha value is -2.30. The molecular formula is C15H20N4O. The Balaban J connectivity index is 1.89. The average Bonchev–Trinajstić information content (AvgIpc) is 2.86. The normalized spacial score (nSPS) is 10.8. The fraction of sp³-hybridized carbons (Fsp3) is 0.333. The Morgan fingerprint density at radius 2 is 2.00 bits per heavy atom. The van der Waals surface area contributed by atoms with Crippen molar-refractivity contribution in [3.63, 3.8) is 0 Å². The van der Waals surface area contributed by atoms with E-state index in [9.17, 15) is 4.79 Å². The summed E-state index contributed by atoms with van der Waals surface area (Å²) in [6.07, 6.45) is 2.82. The second kappa shape index (κ2) is 6.23. The van der Waals surface area contributed by atoms with Crippen LogP contribution in [0.25, 0.3) is 0 Å². The Morgan fingerprint density at radius 1 is 1.30 bits per heavy atom. The van der Waals surface area contributed by atoms with E-state index in [1.807, 2.05) is 38.1 Å². The number of hydrogen-bond donors (Lipinski definition) is 2. The average molecular weight is 272 g/mol. The van der Waals surface area contributed by atoms with Gasteiger partial charge in [0.25, 0.3) is 0 Å². The molecule has 0 saturated carbocycles. The minimum absolute atomic E-state index is 0.00998. The van der Waals surface area contributed by atoms with Gasteiger partial charge < -0.3 is 11.1 Å². The number of amides is 1. The zero-order valence-corrected chi connectivity index (χ0v) is 11.8. The number of aromatic nitrogens is 2. The number of hydrogen-bond acceptors (Lipinski definition) is 3. The van der Waals surface area contributed by atoms with Gasteiger partial charge in [-0.2, -0.15) is 5.10 Å². The molecule has 2 rings (SSSR count). The Kier molecular flexibility index (Phi) is 4.40. The van der Waals surface area contributed by atoms with E-state index in [0.29, 0.717) is 12.8 Å². The summed E-state index contributed by atoms with van der Waals surface area (Å²) in [5.41, 5.74) is 7.47. The van der Waals surface area contributed by atoms with Crippen molar-refractivity contribution >= 4 is 17.4 Å². The molecule has 0 spiro atoms. The van der Waals surface area contributed by atoms with E-state index in [0.717, 1.165) is 17.1 Å². The molecule has 0 radical (unpaired) electrons. The molecule has 20 heavy (non-hydrogen) atoms. The molecule has 1 amide bonds. The molecule has 0 aliphatic rings. The van der Waals surface area contributed by atoms with Gasteiger partial charge in [0.15, 0.2) is 0 Å². The summed E-state index contributed by atoms with van der Waals surface area (Å²) in [7, 11) is 0. The van der Waals surface area contributed by atoms with Crippen LogP contribution in [0.5, 0.6) is 0 Å². The Morgan fingerprint density at radius 3 is 2.65 bits per heavy atom. The van der Waals surface area contributed by atoms with Gasteiger partial charge in [-0.05, 0) is 38.0 Å². The standard InChI is InChI=1S/C15H20N4O/c1-11(2)19-14(9-10-17-19)18-15(20)8-5-12-3-6-13(16)7-4-12/h3-4,6-7,9-11H,5,8,16H2,1-2H3,(H,18,20). The second-order valence-corrected chi connectivity index (χ2v) is 5.04. The van der Waals surface area contributed by atoms with Gasteiger partial charge in [-0.1, -0.05) is 12.1 Å². The van der Waals surface area contributed by atoms with Gasteiger partial charge in [0.2, 0.25) is 5.91 Å². The van der Waals surface area contributed by atoms with Crippen molar-refractivity contribution in [3.8, 4) is 0 Å². The van der Waals surface area contributed by atoms with Crippen LogP contribution in [0.15, 0.2) is 36.5 Å². The number of anilines is 2. The van der Waals surface area contributed by atoms with E-state index in [1.165, 1.54) is 0 Å². The number of rotatable bonds is 5. The van der Waals surface area contributed by atoms with Crippen LogP contribution in [-0.2, 0) is 11.2 Å². The number of aryl methyl sites for hydroxylation is 1. The summed E-state index contributed by atoms with van der Waals surface area (Å²) >= 11 is 0. The van der Waals surface area contributed by atoms with Gasteiger partial charge >= 0.3 is 0 Å². The predicted molar refractivity (Wildman–Crippen MR) is 80.4 cm³/mol. The molecule has 0 aliphatic carbocycles. The van der Waals surface area contributed by atoms with Gasteiger partial charge in [0.05, 0.1) is 6.20 Å². The number of benzene rings is 1. The summed E-state index contributed by atoms with van der Waals surface area (Å²) in [5.74, 6) is 0.728. The lowest BCUT2D eigenvalue weighted by Gasteiger charge is -2.11. The minimum Gasteiger partial charge on any atom is -0.399 e. The molecule has 1 aromatic carbocycles. The third kappa shape index (κ3) is 3.60. The molecule has 3 N–H and O–H groups in total. The number of nitrogens with one attached hydrogen (secondary N) is 1. The van der Waals surface area contributed by atoms with Crippen molar-refractivity contribution in [3.05, 3.63) is 42.1 Å². The summed E-state index contributed by atoms with van der Waals surface area (Å²) < 4.78 is 1.79. The highest BCUT2D eigenvalue weighted by Crippen LogP contribution is 2.14. The molecule has 1 aromatic heterocycles. The lowest BCUT2D eigenvalue weighted by atomic mass is 10.1. The topological polar surface area (TPSA) is 72.9 Å². The molecule has 106 valence electrons. The van der Waals surface area contributed by atoms with E-state index in [4.69, 9.17) is 5.73 Å². The zero-order valence-electron chi connectivity index (χ0n) is 11.8. The van der Waals surface area contributed by atoms with Crippen LogP contribution in [0.2, 0.25) is 0 Å². The highest BCUT2D eigenvalue weighted by molar-refractivity contribution is 5.89. The van der Waals surface area contributed by atoms with E-state index in [2.05, 4.69) is 10.4 Å². The summed E-state index contributed by atoms with van der Waals surface area (Å²) in [6, 6.07) is 9.61. The van der Waals surface area contributed by atoms with Crippen LogP contribution in [0, 0.1) is 0 Å². The van der Waals surface area contributed by atoms with E-state index < -0.39 is 0 Å². The SMILES string of the molecule is CC(C)n1nccc1NC(=O)CCc1ccc(N)cc1. The van der Waals surface area contributed by atoms with E-state index >= 15 is 0 Å². The number of nitrogens with two attached hydrogens (primary N) is 1. The summed E-state index contributed by atoms with van der Waals surface area (Å²) in [6.45, 7) is 4.05. The number of carbonyl (C=O) groups is 1. The van der Waals surface area contributed by atoms with Crippen LogP contribution in [-0.4, -0.2) is 15.7 Å². The largest absolute Gasteiger partial charge is 0.399 e. The van der Waals surface area contributed by atoms with Crippen molar-refractivity contribution in [2.45, 2.75) is 32.7 Å². The van der Waals surface area contributed by atoms with E-state index in [-0.39, 0.29) is 11.9 Å². The smallest absolute Gasteiger partial charge is 0.225 e. The maximum absolute atomic E-state index is 11.9. The lowest BCUT2D eigenvalue weighted by molar-refractivity contribution is -0.116. The van der Waals surface area contributed by atoms with Gasteiger partial charge in [0, 0.05) is 24.2 Å². The van der Waals surface area contributed by atoms with Crippen molar-refractivity contribution in [2.24, 2.45) is 0 Å². The summed E-state index contributed by atoms with van der Waals surface area (Å²) in [4.78, 5) is 11.9. The minimum atomic E-state index is -0.00998. The summed E-state index contributed by atoms with van der Waals surface area (Å²) in [5, 5.41) is 7.08. The Bertz CT molecular complexity index is 572. The molecule has 0 fully saturated rings. The van der Waals surface area contributed by atoms with Crippen molar-refractivity contribution in [1.82, 2.24) is 9.78 Å². The van der Waals surface area contributed by atoms with Crippen LogP contribution >= 0.6 is 0 Å². The number of carbonyl (C=O) groups excluding carboxylic acids is 1. The third-order valence-electron chi connectivity index (χ3n) is 3.05. The highest BCUT2D eigenvalue weighted by Gasteiger charge is 2.09. The first kappa shape index (κ1) is 14.1. The van der Waals surface area contributed by atoms with Crippen LogP contribution < -0.4 is 11.1 Å². The van der Waals surface area contributed by atoms with Gasteiger partial charge in [0.1, 0.15) is 5.82 Å². The van der Waals surface area contributed by atoms with Crippen molar-refractivity contribution in [2.75, 3.05) is 11.1 Å². The fourth-order valence-electron chi connectivity index (χ4n) is 1.97. The molecule has 0 aliphatic heterocycles. The zero-order chi connectivity index (χ0) is 14.5. The van der Waals surface area contributed by atoms with Crippen molar-refractivity contribution < 1.29 is 4.79 Å². The van der Waals surface area contributed by atoms with Gasteiger partial charge in [-0.3, -0.25) is 4.79 Å². The maximum Gasteiger partial charge on any atom is 0.225 e.